The molecular formula is C32H31Cl2F2N3O3. The molecule has 0 saturated carbocycles. The van der Waals surface area contributed by atoms with E-state index in [0.29, 0.717) is 23.2 Å². The number of nitriles is 1. The van der Waals surface area contributed by atoms with Crippen molar-refractivity contribution in [2.45, 2.75) is 64.5 Å². The number of aryl methyl sites for hydroxylation is 2. The lowest BCUT2D eigenvalue weighted by atomic mass is 9.62. The van der Waals surface area contributed by atoms with E-state index in [2.05, 4.69) is 16.7 Å². The zero-order chi connectivity index (χ0) is 31.1. The molecule has 6 nitrogen and oxygen atoms in total. The Hall–Kier alpha value is -3.51. The number of hydrogen-bond acceptors (Lipinski definition) is 4. The van der Waals surface area contributed by atoms with Crippen LogP contribution in [0.2, 0.25) is 10.0 Å². The fourth-order valence-electron chi connectivity index (χ4n) is 6.15. The first-order chi connectivity index (χ1) is 19.6. The van der Waals surface area contributed by atoms with E-state index >= 15 is 8.78 Å². The maximum Gasteiger partial charge on any atom is 0.336 e. The van der Waals surface area contributed by atoms with Crippen molar-refractivity contribution >= 4 is 40.8 Å². The normalized spacial score (nSPS) is 22.0. The van der Waals surface area contributed by atoms with Crippen LogP contribution in [0.25, 0.3) is 0 Å². The van der Waals surface area contributed by atoms with E-state index in [4.69, 9.17) is 23.2 Å². The highest BCUT2D eigenvalue weighted by Gasteiger charge is 2.61. The van der Waals surface area contributed by atoms with Crippen LogP contribution in [0.1, 0.15) is 65.7 Å². The molecule has 1 aliphatic rings. The number of anilines is 1. The monoisotopic (exact) mass is 613 g/mol. The maximum atomic E-state index is 15.8. The van der Waals surface area contributed by atoms with Crippen molar-refractivity contribution in [2.75, 3.05) is 5.32 Å². The molecule has 1 aliphatic heterocycles. The summed E-state index contributed by atoms with van der Waals surface area (Å²) in [6.07, 6.45) is 0.330. The van der Waals surface area contributed by atoms with Crippen LogP contribution in [0.15, 0.2) is 48.5 Å². The van der Waals surface area contributed by atoms with Gasteiger partial charge in [0.1, 0.15) is 17.0 Å². The number of carbonyl (C=O) groups is 2. The van der Waals surface area contributed by atoms with Crippen molar-refractivity contribution in [1.29, 1.82) is 5.26 Å². The quantitative estimate of drug-likeness (QED) is 0.266. The van der Waals surface area contributed by atoms with Crippen LogP contribution in [0.3, 0.4) is 0 Å². The van der Waals surface area contributed by atoms with Gasteiger partial charge in [-0.3, -0.25) is 4.79 Å². The number of rotatable bonds is 6. The molecular weight excluding hydrogens is 583 g/mol. The van der Waals surface area contributed by atoms with E-state index in [1.54, 1.807) is 13.8 Å². The molecule has 3 aromatic rings. The molecule has 42 heavy (non-hydrogen) atoms. The average molecular weight is 615 g/mol. The van der Waals surface area contributed by atoms with E-state index < -0.39 is 46.9 Å². The Labute approximate surface area is 253 Å². The lowest BCUT2D eigenvalue weighted by Crippen LogP contribution is -2.45. The maximum absolute atomic E-state index is 15.8. The predicted octanol–water partition coefficient (Wildman–Crippen LogP) is 7.55. The van der Waals surface area contributed by atoms with Crippen molar-refractivity contribution in [3.8, 4) is 6.07 Å². The largest absolute Gasteiger partial charge is 0.478 e. The van der Waals surface area contributed by atoms with Crippen molar-refractivity contribution in [1.82, 2.24) is 5.32 Å². The van der Waals surface area contributed by atoms with Crippen LogP contribution in [-0.2, 0) is 10.2 Å². The van der Waals surface area contributed by atoms with Gasteiger partial charge in [-0.2, -0.15) is 5.26 Å². The van der Waals surface area contributed by atoms with Crippen molar-refractivity contribution in [3.05, 3.63) is 98.0 Å². The number of nitrogens with zero attached hydrogens (tertiary/aromatic N) is 1. The van der Waals surface area contributed by atoms with Gasteiger partial charge in [0.2, 0.25) is 5.91 Å². The second-order valence-corrected chi connectivity index (χ2v) is 12.8. The van der Waals surface area contributed by atoms with E-state index in [1.165, 1.54) is 42.5 Å². The number of amides is 1. The molecule has 4 atom stereocenters. The van der Waals surface area contributed by atoms with Crippen LogP contribution in [0.4, 0.5) is 14.5 Å². The molecule has 1 fully saturated rings. The van der Waals surface area contributed by atoms with Gasteiger partial charge in [0.05, 0.1) is 22.7 Å². The van der Waals surface area contributed by atoms with E-state index in [1.807, 2.05) is 20.8 Å². The van der Waals surface area contributed by atoms with Gasteiger partial charge in [-0.05, 0) is 72.7 Å². The number of aromatic carboxylic acids is 1. The zero-order valence-electron chi connectivity index (χ0n) is 23.8. The average Bonchev–Trinajstić information content (AvgIpc) is 3.18. The zero-order valence-corrected chi connectivity index (χ0v) is 25.3. The molecule has 0 unspecified atom stereocenters. The Bertz CT molecular complexity index is 1590. The fourth-order valence-corrected chi connectivity index (χ4v) is 6.49. The van der Waals surface area contributed by atoms with Crippen LogP contribution in [0, 0.1) is 42.2 Å². The highest BCUT2D eigenvalue weighted by molar-refractivity contribution is 6.31. The van der Waals surface area contributed by atoms with Gasteiger partial charge in [0, 0.05) is 28.2 Å². The Morgan fingerprint density at radius 3 is 2.29 bits per heavy atom. The fraction of sp³-hybridized carbons (Fsp3) is 0.344. The molecule has 0 spiro atoms. The minimum absolute atomic E-state index is 0.0176. The summed E-state index contributed by atoms with van der Waals surface area (Å²) >= 11 is 12.2. The molecule has 3 N–H and O–H groups in total. The van der Waals surface area contributed by atoms with Crippen molar-refractivity contribution < 1.29 is 23.5 Å². The molecule has 0 aromatic heterocycles. The highest BCUT2D eigenvalue weighted by Crippen LogP contribution is 2.53. The molecule has 1 heterocycles. The summed E-state index contributed by atoms with van der Waals surface area (Å²) in [6, 6.07) is 11.6. The summed E-state index contributed by atoms with van der Waals surface area (Å²) in [4.78, 5) is 25.7. The Balaban J connectivity index is 1.94. The summed E-state index contributed by atoms with van der Waals surface area (Å²) < 4.78 is 31.5. The second-order valence-electron chi connectivity index (χ2n) is 12.0. The number of hydrogen-bond donors (Lipinski definition) is 3. The minimum atomic E-state index is -1.76. The van der Waals surface area contributed by atoms with Gasteiger partial charge in [0.25, 0.3) is 0 Å². The molecule has 220 valence electrons. The number of nitrogens with one attached hydrogen (secondary N) is 2. The Kier molecular flexibility index (Phi) is 8.71. The molecule has 1 amide bonds. The molecule has 0 aliphatic carbocycles. The van der Waals surface area contributed by atoms with Gasteiger partial charge in [0.15, 0.2) is 0 Å². The minimum Gasteiger partial charge on any atom is -0.478 e. The summed E-state index contributed by atoms with van der Waals surface area (Å²) in [6.45, 7) is 9.09. The lowest BCUT2D eigenvalue weighted by molar-refractivity contribution is -0.118. The second kappa shape index (κ2) is 11.6. The number of halogens is 4. The third-order valence-electron chi connectivity index (χ3n) is 7.75. The van der Waals surface area contributed by atoms with Crippen LogP contribution in [0.5, 0.6) is 0 Å². The standard InChI is InChI=1S/C32H31Cl2F2N3O3/c1-16-11-19(12-17(2)25(16)30(41)42)38-29(40)28-26(20-7-6-8-22(34)27(20)36)32(15-37,24(39-28)14-31(3,4)5)21-10-9-18(33)13-23(21)35/h6-13,24,26,28,39H,14H2,1-5H3,(H,38,40)(H,41,42)/t24-,26-,28+,32-/m0/s1. The van der Waals surface area contributed by atoms with Crippen LogP contribution >= 0.6 is 23.2 Å². The van der Waals surface area contributed by atoms with E-state index in [-0.39, 0.29) is 32.2 Å². The summed E-state index contributed by atoms with van der Waals surface area (Å²) in [5.41, 5.74) is -0.848. The topological polar surface area (TPSA) is 102 Å². The van der Waals surface area contributed by atoms with Gasteiger partial charge in [-0.25, -0.2) is 13.6 Å². The SMILES string of the molecule is Cc1cc(NC(=O)[C@@H]2N[C@@H](CC(C)(C)C)[C@](C#N)(c3ccc(Cl)cc3F)[C@H]2c2cccc(Cl)c2F)cc(C)c1C(=O)O. The third-order valence-corrected chi connectivity index (χ3v) is 8.27. The first-order valence-electron chi connectivity index (χ1n) is 13.3. The summed E-state index contributed by atoms with van der Waals surface area (Å²) in [5.74, 6) is -4.48. The van der Waals surface area contributed by atoms with E-state index in [9.17, 15) is 20.0 Å². The Morgan fingerprint density at radius 1 is 1.10 bits per heavy atom. The van der Waals surface area contributed by atoms with Gasteiger partial charge in [-0.15, -0.1) is 0 Å². The van der Waals surface area contributed by atoms with Gasteiger partial charge < -0.3 is 15.7 Å². The number of carboxylic acids is 1. The number of carboxylic acid groups (broad SMARTS) is 1. The van der Waals surface area contributed by atoms with Crippen molar-refractivity contribution in [3.63, 3.8) is 0 Å². The number of benzene rings is 3. The summed E-state index contributed by atoms with van der Waals surface area (Å²) in [7, 11) is 0. The third kappa shape index (κ3) is 5.74. The van der Waals surface area contributed by atoms with Crippen LogP contribution in [-0.4, -0.2) is 29.1 Å². The molecule has 1 saturated heterocycles. The van der Waals surface area contributed by atoms with Crippen molar-refractivity contribution in [2.24, 2.45) is 5.41 Å². The van der Waals surface area contributed by atoms with Gasteiger partial charge in [-0.1, -0.05) is 62.2 Å². The van der Waals surface area contributed by atoms with E-state index in [0.717, 1.165) is 6.07 Å². The van der Waals surface area contributed by atoms with Gasteiger partial charge >= 0.3 is 5.97 Å². The molecule has 0 bridgehead atoms. The predicted molar refractivity (Wildman–Crippen MR) is 159 cm³/mol. The molecule has 10 heteroatoms. The molecule has 3 aromatic carbocycles. The van der Waals surface area contributed by atoms with Crippen LogP contribution < -0.4 is 10.6 Å². The Morgan fingerprint density at radius 2 is 1.74 bits per heavy atom. The first kappa shape index (κ1) is 31.4. The lowest BCUT2D eigenvalue weighted by Gasteiger charge is -2.37. The molecule has 0 radical (unpaired) electrons. The first-order valence-corrected chi connectivity index (χ1v) is 14.1. The summed E-state index contributed by atoms with van der Waals surface area (Å²) in [5, 5.41) is 26.5. The molecule has 4 rings (SSSR count). The smallest absolute Gasteiger partial charge is 0.336 e. The number of carbonyl (C=O) groups excluding carboxylic acids is 1. The highest BCUT2D eigenvalue weighted by atomic mass is 35.5.